The van der Waals surface area contributed by atoms with Gasteiger partial charge < -0.3 is 9.64 Å². The molecule has 1 amide bonds. The van der Waals surface area contributed by atoms with Gasteiger partial charge in [0.1, 0.15) is 5.60 Å². The molecule has 0 atom stereocenters. The van der Waals surface area contributed by atoms with Crippen LogP contribution in [0.4, 0.5) is 4.79 Å². The lowest BCUT2D eigenvalue weighted by molar-refractivity contribution is 0.0153. The van der Waals surface area contributed by atoms with Crippen LogP contribution in [0.25, 0.3) is 0 Å². The predicted octanol–water partition coefficient (Wildman–Crippen LogP) is 3.98. The van der Waals surface area contributed by atoms with Gasteiger partial charge in [0.05, 0.1) is 12.9 Å². The van der Waals surface area contributed by atoms with Crippen LogP contribution in [0.2, 0.25) is 5.02 Å². The molecule has 1 fully saturated rings. The van der Waals surface area contributed by atoms with Crippen LogP contribution in [0.5, 0.6) is 0 Å². The number of nitrogens with zero attached hydrogens (tertiary/aromatic N) is 1. The smallest absolute Gasteiger partial charge is 0.410 e. The fourth-order valence-electron chi connectivity index (χ4n) is 3.32. The van der Waals surface area contributed by atoms with Gasteiger partial charge in [0.25, 0.3) is 10.1 Å². The number of amides is 1. The minimum Gasteiger partial charge on any atom is -0.444 e. The molecule has 1 aromatic carbocycles. The summed E-state index contributed by atoms with van der Waals surface area (Å²) in [6.07, 6.45) is 2.67. The number of ether oxygens (including phenoxy) is 1. The van der Waals surface area contributed by atoms with E-state index in [9.17, 15) is 13.2 Å². The Balaban J connectivity index is 2.13. The molecule has 0 radical (unpaired) electrons. The van der Waals surface area contributed by atoms with E-state index in [-0.39, 0.29) is 18.1 Å². The largest absolute Gasteiger partial charge is 0.444 e. The highest BCUT2D eigenvalue weighted by molar-refractivity contribution is 7.85. The zero-order valence-electron chi connectivity index (χ0n) is 16.3. The lowest BCUT2D eigenvalue weighted by Gasteiger charge is -2.42. The molecule has 0 N–H and O–H groups in total. The van der Waals surface area contributed by atoms with Gasteiger partial charge >= 0.3 is 6.09 Å². The van der Waals surface area contributed by atoms with Crippen molar-refractivity contribution in [1.82, 2.24) is 4.90 Å². The number of carbonyl (C=O) groups excluding carboxylic acids is 1. The third kappa shape index (κ3) is 6.66. The van der Waals surface area contributed by atoms with Crippen LogP contribution in [-0.2, 0) is 24.5 Å². The van der Waals surface area contributed by atoms with E-state index in [1.54, 1.807) is 4.90 Å². The van der Waals surface area contributed by atoms with Crippen molar-refractivity contribution in [2.75, 3.05) is 26.0 Å². The summed E-state index contributed by atoms with van der Waals surface area (Å²) in [5.41, 5.74) is 0.270. The normalized spacial score (nSPS) is 17.6. The van der Waals surface area contributed by atoms with Gasteiger partial charge in [-0.3, -0.25) is 4.18 Å². The van der Waals surface area contributed by atoms with Crippen molar-refractivity contribution in [3.63, 3.8) is 0 Å². The quantitative estimate of drug-likeness (QED) is 0.677. The summed E-state index contributed by atoms with van der Waals surface area (Å²) in [6.45, 7) is 6.71. The molecule has 0 aromatic heterocycles. The lowest BCUT2D eigenvalue weighted by atomic mass is 9.70. The van der Waals surface area contributed by atoms with Gasteiger partial charge in [-0.1, -0.05) is 23.7 Å². The Labute approximate surface area is 166 Å². The topological polar surface area (TPSA) is 72.9 Å². The van der Waals surface area contributed by atoms with Crippen molar-refractivity contribution in [3.8, 4) is 0 Å². The minimum atomic E-state index is -3.49. The summed E-state index contributed by atoms with van der Waals surface area (Å²) < 4.78 is 33.1. The average Bonchev–Trinajstić information content (AvgIpc) is 2.53. The molecule has 8 heteroatoms. The van der Waals surface area contributed by atoms with Crippen LogP contribution < -0.4 is 0 Å². The molecule has 0 bridgehead atoms. The molecule has 1 aliphatic heterocycles. The van der Waals surface area contributed by atoms with Crippen molar-refractivity contribution >= 4 is 27.8 Å². The van der Waals surface area contributed by atoms with Crippen molar-refractivity contribution in [1.29, 1.82) is 0 Å². The van der Waals surface area contributed by atoms with E-state index >= 15 is 0 Å². The van der Waals surface area contributed by atoms with Gasteiger partial charge in [-0.2, -0.15) is 8.42 Å². The molecule has 1 aliphatic rings. The van der Waals surface area contributed by atoms with Gasteiger partial charge in [-0.25, -0.2) is 4.79 Å². The number of hydrogen-bond donors (Lipinski definition) is 0. The molecule has 0 unspecified atom stereocenters. The highest BCUT2D eigenvalue weighted by atomic mass is 35.5. The van der Waals surface area contributed by atoms with Crippen molar-refractivity contribution in [2.24, 2.45) is 0 Å². The average molecular weight is 418 g/mol. The highest BCUT2D eigenvalue weighted by Crippen LogP contribution is 2.39. The van der Waals surface area contributed by atoms with Crippen LogP contribution in [0.3, 0.4) is 0 Å². The first-order chi connectivity index (χ1) is 12.4. The number of benzene rings is 1. The summed E-state index contributed by atoms with van der Waals surface area (Å²) in [4.78, 5) is 14.0. The molecule has 1 saturated heterocycles. The second-order valence-electron chi connectivity index (χ2n) is 8.03. The third-order valence-electron chi connectivity index (χ3n) is 4.71. The van der Waals surface area contributed by atoms with Crippen molar-refractivity contribution < 1.29 is 22.1 Å². The summed E-state index contributed by atoms with van der Waals surface area (Å²) in [5, 5.41) is 0.646. The van der Waals surface area contributed by atoms with Gasteiger partial charge in [0.2, 0.25) is 0 Å². The fraction of sp³-hybridized carbons (Fsp3) is 0.632. The van der Waals surface area contributed by atoms with E-state index in [4.69, 9.17) is 20.5 Å². The number of carbonyl (C=O) groups is 1. The van der Waals surface area contributed by atoms with Crippen molar-refractivity contribution in [2.45, 2.75) is 51.0 Å². The second-order valence-corrected chi connectivity index (χ2v) is 10.1. The number of hydrogen-bond acceptors (Lipinski definition) is 5. The molecule has 152 valence electrons. The SMILES string of the molecule is CC(C)(C)OC(=O)N1CCC(CCOS(C)(=O)=O)(c2ccc(Cl)cc2)CC1. The Hall–Kier alpha value is -1.31. The van der Waals surface area contributed by atoms with Crippen LogP contribution in [0, 0.1) is 0 Å². The van der Waals surface area contributed by atoms with E-state index in [0.29, 0.717) is 37.4 Å². The Morgan fingerprint density at radius 3 is 2.22 bits per heavy atom. The molecule has 6 nitrogen and oxygen atoms in total. The maximum atomic E-state index is 12.3. The van der Waals surface area contributed by atoms with Crippen LogP contribution in [0.15, 0.2) is 24.3 Å². The minimum absolute atomic E-state index is 0.105. The maximum absolute atomic E-state index is 12.3. The first-order valence-electron chi connectivity index (χ1n) is 8.99. The van der Waals surface area contributed by atoms with E-state index < -0.39 is 15.7 Å². The summed E-state index contributed by atoms with van der Waals surface area (Å²) in [6, 6.07) is 7.59. The monoisotopic (exact) mass is 417 g/mol. The Bertz CT molecular complexity index is 747. The fourth-order valence-corrected chi connectivity index (χ4v) is 3.83. The van der Waals surface area contributed by atoms with E-state index in [1.807, 2.05) is 45.0 Å². The third-order valence-corrected chi connectivity index (χ3v) is 5.55. The Kier molecular flexibility index (Phi) is 6.81. The molecule has 27 heavy (non-hydrogen) atoms. The predicted molar refractivity (Wildman–Crippen MR) is 106 cm³/mol. The highest BCUT2D eigenvalue weighted by Gasteiger charge is 2.38. The van der Waals surface area contributed by atoms with Gasteiger partial charge in [-0.15, -0.1) is 0 Å². The van der Waals surface area contributed by atoms with Crippen LogP contribution in [0.1, 0.15) is 45.6 Å². The van der Waals surface area contributed by atoms with Gasteiger partial charge in [0, 0.05) is 23.5 Å². The van der Waals surface area contributed by atoms with Gasteiger partial charge in [-0.05, 0) is 57.7 Å². The summed E-state index contributed by atoms with van der Waals surface area (Å²) >= 11 is 6.01. The Morgan fingerprint density at radius 2 is 1.74 bits per heavy atom. The first kappa shape index (κ1) is 22.0. The summed E-state index contributed by atoms with van der Waals surface area (Å²) in [5.74, 6) is 0. The molecule has 0 saturated carbocycles. The van der Waals surface area contributed by atoms with E-state index in [1.165, 1.54) is 0 Å². The number of rotatable bonds is 5. The standard InChI is InChI=1S/C19H28ClNO5S/c1-18(2,3)26-17(22)21-12-9-19(10-13-21,11-14-25-27(4,23)24)15-5-7-16(20)8-6-15/h5-8H,9-14H2,1-4H3. The van der Waals surface area contributed by atoms with E-state index in [0.717, 1.165) is 11.8 Å². The lowest BCUT2D eigenvalue weighted by Crippen LogP contribution is -2.47. The van der Waals surface area contributed by atoms with Crippen LogP contribution >= 0.6 is 11.6 Å². The summed E-state index contributed by atoms with van der Waals surface area (Å²) in [7, 11) is -3.49. The zero-order valence-corrected chi connectivity index (χ0v) is 17.9. The number of piperidine rings is 1. The van der Waals surface area contributed by atoms with Crippen LogP contribution in [-0.4, -0.2) is 51.0 Å². The molecular weight excluding hydrogens is 390 g/mol. The van der Waals surface area contributed by atoms with Crippen molar-refractivity contribution in [3.05, 3.63) is 34.9 Å². The molecule has 1 heterocycles. The molecular formula is C19H28ClNO5S. The zero-order chi connectivity index (χ0) is 20.3. The maximum Gasteiger partial charge on any atom is 0.410 e. The van der Waals surface area contributed by atoms with Gasteiger partial charge in [0.15, 0.2) is 0 Å². The molecule has 1 aromatic rings. The first-order valence-corrected chi connectivity index (χ1v) is 11.2. The molecule has 0 spiro atoms. The number of halogens is 1. The Morgan fingerprint density at radius 1 is 1.19 bits per heavy atom. The van der Waals surface area contributed by atoms with E-state index in [2.05, 4.69) is 0 Å². The number of likely N-dealkylation sites (tertiary alicyclic amines) is 1. The second kappa shape index (κ2) is 8.37. The molecule has 0 aliphatic carbocycles. The molecule has 2 rings (SSSR count).